The Morgan fingerprint density at radius 3 is 0.797 bits per heavy atom. The molecule has 34 rings (SSSR count). The van der Waals surface area contributed by atoms with E-state index < -0.39 is 23.8 Å². The predicted octanol–water partition coefficient (Wildman–Crippen LogP) is 21.1. The normalized spacial score (nSPS) is 56.8. The van der Waals surface area contributed by atoms with Crippen LogP contribution in [0.4, 0.5) is 0 Å². The Morgan fingerprint density at radius 1 is 0.280 bits per heavy atom. The van der Waals surface area contributed by atoms with Crippen molar-refractivity contribution < 1.29 is 91.6 Å². The summed E-state index contributed by atoms with van der Waals surface area (Å²) in [6, 6.07) is 2.07. The molecule has 143 heavy (non-hydrogen) atoms. The summed E-state index contributed by atoms with van der Waals surface area (Å²) in [6.45, 7) is 29.6. The van der Waals surface area contributed by atoms with Crippen molar-refractivity contribution in [3.05, 3.63) is 0 Å². The van der Waals surface area contributed by atoms with Crippen LogP contribution in [-0.2, 0) is 76.3 Å². The smallest absolute Gasteiger partial charge is 0.310 e. The first-order valence-corrected chi connectivity index (χ1v) is 60.3. The van der Waals surface area contributed by atoms with Crippen LogP contribution in [0.1, 0.15) is 295 Å². The molecule has 45 atom stereocenters. The SMILES string of the molecule is CC1C(C)C2CC1C1C3CC(C(C(=O)OC45CC6CC(CC(C6)C4)C5)C3C(=O)O)C21.CC1C(C)C2CC1C1C3CC(C(C(=O)OC4C5CC6CC(C5)CC4C6)C3C(=O)O)C21.CC1C(C)C2CC1C1C3CC(C(C(=O)OC4C5CC6CC(C5)CC4C6)C3C(=O)OCCC#N)C21.CC1C(C)C2CC1C1C3CC(C(C(=O)OC4C5CC6CC(C5)CC4C6)C3C(=O)OCCO)C21.CC1C2CC(C(=O)OC(C)(C)C)C(C2)C1C. The molecule has 0 aromatic carbocycles. The van der Waals surface area contributed by atoms with E-state index in [-0.39, 0.29) is 186 Å². The van der Waals surface area contributed by atoms with E-state index in [0.717, 1.165) is 134 Å². The second kappa shape index (κ2) is 35.6. The first-order chi connectivity index (χ1) is 68.5. The number of hydrogen-bond acceptors (Lipinski definition) is 18. The Hall–Kier alpha value is -5.32. The second-order valence-corrected chi connectivity index (χ2v) is 59.1. The highest BCUT2D eigenvalue weighted by Gasteiger charge is 2.78. The first kappa shape index (κ1) is 97.2. The number of carbonyl (C=O) groups excluding carboxylic acids is 7. The maximum absolute atomic E-state index is 13.9. The summed E-state index contributed by atoms with van der Waals surface area (Å²) in [6.07, 6.45) is 37.7. The maximum Gasteiger partial charge on any atom is 0.310 e. The highest BCUT2D eigenvalue weighted by Crippen LogP contribution is 2.79. The van der Waals surface area contributed by atoms with Gasteiger partial charge in [-0.15, -0.1) is 0 Å². The predicted molar refractivity (Wildman–Crippen MR) is 528 cm³/mol. The minimum Gasteiger partial charge on any atom is -0.481 e. The fraction of sp³-hybridized carbons (Fsp3) is 0.919. The van der Waals surface area contributed by atoms with Gasteiger partial charge < -0.3 is 48.5 Å². The number of carbonyl (C=O) groups is 9. The lowest BCUT2D eigenvalue weighted by molar-refractivity contribution is -0.198. The molecule has 20 heteroatoms. The molecule has 45 unspecified atom stereocenters. The molecule has 0 aliphatic heterocycles. The van der Waals surface area contributed by atoms with Crippen LogP contribution in [0.3, 0.4) is 0 Å². The third-order valence-electron chi connectivity index (χ3n) is 53.1. The zero-order valence-corrected chi connectivity index (χ0v) is 88.4. The van der Waals surface area contributed by atoms with Gasteiger partial charge in [0.05, 0.1) is 72.4 Å². The van der Waals surface area contributed by atoms with Gasteiger partial charge in [-0.1, -0.05) is 69.2 Å². The molecule has 34 saturated carbocycles. The Labute approximate surface area is 851 Å². The van der Waals surface area contributed by atoms with Crippen molar-refractivity contribution in [2.24, 2.45) is 355 Å². The molecule has 34 bridgehead atoms. The number of aliphatic hydroxyl groups is 1. The lowest BCUT2D eigenvalue weighted by Gasteiger charge is -2.56. The molecule has 0 aromatic heterocycles. The summed E-state index contributed by atoms with van der Waals surface area (Å²) >= 11 is 0. The van der Waals surface area contributed by atoms with Crippen molar-refractivity contribution in [2.75, 3.05) is 19.8 Å². The maximum atomic E-state index is 13.9. The van der Waals surface area contributed by atoms with Crippen LogP contribution in [0.2, 0.25) is 0 Å². The Balaban J connectivity index is 0.0000000929. The highest BCUT2D eigenvalue weighted by molar-refractivity contribution is 5.87. The van der Waals surface area contributed by atoms with Crippen LogP contribution in [0.15, 0.2) is 0 Å². The summed E-state index contributed by atoms with van der Waals surface area (Å²) in [5.41, 5.74) is -0.597. The van der Waals surface area contributed by atoms with Crippen molar-refractivity contribution in [3.63, 3.8) is 0 Å². The number of aliphatic hydroxyl groups excluding tert-OH is 1. The van der Waals surface area contributed by atoms with Crippen molar-refractivity contribution in [3.8, 4) is 6.07 Å². The van der Waals surface area contributed by atoms with Crippen molar-refractivity contribution in [1.29, 1.82) is 5.26 Å². The van der Waals surface area contributed by atoms with Gasteiger partial charge in [0.25, 0.3) is 0 Å². The lowest BCUT2D eigenvalue weighted by Crippen LogP contribution is -2.54. The summed E-state index contributed by atoms with van der Waals surface area (Å²) in [4.78, 5) is 119. The summed E-state index contributed by atoms with van der Waals surface area (Å²) in [5, 5.41) is 38.5. The van der Waals surface area contributed by atoms with E-state index in [1.54, 1.807) is 0 Å². The zero-order chi connectivity index (χ0) is 99.0. The van der Waals surface area contributed by atoms with Crippen LogP contribution >= 0.6 is 0 Å². The standard InChI is InChI=1S/C29H39NO4.C28H40O5.2C26H36O4.C14H24O2/c1-13-14(2)20-11-19(13)23-21-12-22(24(20)23)26(25(21)28(31)33-5-3-4-30)29(32)34-27-17-7-15-6-16(9-17)10-18(27)8-15;1-12-13(2)19-10-18(12)22-20-11-21(23(19)22)25(24(20)27(30)32-4-3-29)28(31)33-26-16-6-14-5-15(8-16)9-17(26)7-14;1-11-12(2)17-6-16(11)20-18-7-19(21(17)20)23(22(18)24(27)28)25(29)30-26-8-13-3-14(9-26)5-15(4-13)10-26;1-10-11(2)17-8-16(10)20-18-9-19(21(17)20)23(22(18)25(27)28)26(29)30-24-14-4-12-3-13(6-14)7-15(24)5-12;1-8-9(2)11-6-10(8)7-12(11)13(15)16-14(3,4)5/h13-27H,3,5-12H2,1-2H3;12-26,29H,3-11H2,1-2H3;11-23H,3-10H2,1-2H3,(H,27,28);10-24H,3-9H2,1-2H3,(H,27,28);8-12H,6-7H2,1-5H3. The topological polar surface area (TPSA) is 303 Å². The molecule has 0 heterocycles. The second-order valence-electron chi connectivity index (χ2n) is 59.1. The van der Waals surface area contributed by atoms with Crippen LogP contribution in [-0.4, -0.2) is 118 Å². The molecule has 0 saturated heterocycles. The fourth-order valence-electron chi connectivity index (χ4n) is 49.0. The molecule has 0 aromatic rings. The molecular formula is C123H175NO19. The number of nitrogens with zero attached hydrogens (tertiary/aromatic N) is 1. The highest BCUT2D eigenvalue weighted by atomic mass is 16.6. The number of fused-ring (bicyclic) bond motifs is 38. The Bertz CT molecular complexity index is 4900. The number of esters is 7. The quantitative estimate of drug-likeness (QED) is 0.0527. The van der Waals surface area contributed by atoms with Gasteiger partial charge in [0.2, 0.25) is 0 Å². The summed E-state index contributed by atoms with van der Waals surface area (Å²) < 4.78 is 42.2. The van der Waals surface area contributed by atoms with E-state index in [1.165, 1.54) is 148 Å². The number of ether oxygens (including phenoxy) is 7. The van der Waals surface area contributed by atoms with Gasteiger partial charge in [-0.2, -0.15) is 5.26 Å². The Morgan fingerprint density at radius 2 is 0.531 bits per heavy atom. The molecule has 20 nitrogen and oxygen atoms in total. The summed E-state index contributed by atoms with van der Waals surface area (Å²) in [5.74, 6) is 25.9. The van der Waals surface area contributed by atoms with Gasteiger partial charge in [0.15, 0.2) is 0 Å². The number of rotatable bonds is 17. The summed E-state index contributed by atoms with van der Waals surface area (Å²) in [7, 11) is 0. The number of hydrogen-bond donors (Lipinski definition) is 3. The van der Waals surface area contributed by atoms with Gasteiger partial charge in [0.1, 0.15) is 42.7 Å². The third-order valence-corrected chi connectivity index (χ3v) is 53.1. The van der Waals surface area contributed by atoms with Gasteiger partial charge in [-0.25, -0.2) is 0 Å². The average molecular weight is 1970 g/mol. The monoisotopic (exact) mass is 1970 g/mol. The molecule has 34 aliphatic carbocycles. The number of aliphatic carboxylic acids is 2. The average Bonchev–Trinajstić information content (AvgIpc) is 1.53. The molecule has 0 amide bonds. The van der Waals surface area contributed by atoms with E-state index in [0.29, 0.717) is 172 Å². The van der Waals surface area contributed by atoms with Gasteiger partial charge >= 0.3 is 53.7 Å². The zero-order valence-electron chi connectivity index (χ0n) is 88.4. The third kappa shape index (κ3) is 15.1. The molecule has 3 N–H and O–H groups in total. The van der Waals surface area contributed by atoms with Gasteiger partial charge in [-0.3, -0.25) is 43.2 Å². The molecular weight excluding hydrogens is 1800 g/mol. The van der Waals surface area contributed by atoms with E-state index in [4.69, 9.17) is 38.4 Å². The minimum absolute atomic E-state index is 0.0254. The van der Waals surface area contributed by atoms with Crippen molar-refractivity contribution >= 4 is 53.7 Å². The van der Waals surface area contributed by atoms with E-state index in [2.05, 4.69) is 75.3 Å². The van der Waals surface area contributed by atoms with Crippen LogP contribution in [0.5, 0.6) is 0 Å². The number of carboxylic acids is 2. The van der Waals surface area contributed by atoms with Gasteiger partial charge in [0, 0.05) is 0 Å². The van der Waals surface area contributed by atoms with Gasteiger partial charge in [-0.05, 0) is 522 Å². The number of carboxylic acid groups (broad SMARTS) is 2. The first-order valence-electron chi connectivity index (χ1n) is 60.3. The molecule has 34 aliphatic rings. The van der Waals surface area contributed by atoms with E-state index >= 15 is 0 Å². The molecule has 0 radical (unpaired) electrons. The van der Waals surface area contributed by atoms with Crippen LogP contribution in [0, 0.1) is 366 Å². The minimum atomic E-state index is -0.739. The van der Waals surface area contributed by atoms with Crippen LogP contribution < -0.4 is 0 Å². The molecule has 0 spiro atoms. The van der Waals surface area contributed by atoms with Crippen molar-refractivity contribution in [2.45, 2.75) is 325 Å². The molecule has 34 fully saturated rings. The van der Waals surface area contributed by atoms with E-state index in [9.17, 15) is 58.5 Å². The van der Waals surface area contributed by atoms with Crippen molar-refractivity contribution in [1.82, 2.24) is 0 Å². The largest absolute Gasteiger partial charge is 0.481 e. The number of nitriles is 1. The Kier molecular flexibility index (Phi) is 24.2. The lowest BCUT2D eigenvalue weighted by atomic mass is 9.54. The molecule has 786 valence electrons. The van der Waals surface area contributed by atoms with E-state index in [1.807, 2.05) is 20.8 Å². The van der Waals surface area contributed by atoms with Crippen LogP contribution in [0.25, 0.3) is 0 Å². The fourth-order valence-corrected chi connectivity index (χ4v) is 49.0.